The number of likely N-dealkylation sites (N-methyl/N-ethyl adjacent to an activating group) is 1. The fourth-order valence-electron chi connectivity index (χ4n) is 3.89. The average Bonchev–Trinajstić information content (AvgIpc) is 3.29. The van der Waals surface area contributed by atoms with Crippen molar-refractivity contribution in [2.75, 3.05) is 24.8 Å². The van der Waals surface area contributed by atoms with Gasteiger partial charge in [0.25, 0.3) is 0 Å². The summed E-state index contributed by atoms with van der Waals surface area (Å²) in [6, 6.07) is 16.0. The molecular weight excluding hydrogens is 410 g/mol. The molecule has 2 heterocycles. The standard InChI is InChI=1S/C23H25N5O2S/c1-23(2)19-7-5-6-8-20(19)27(3)21(23)13-17(29)15-31-22-24-25-26-28(22)14-16-9-11-18(30-4)12-10-16/h5-13H,14-15H2,1-4H3. The second-order valence-corrected chi connectivity index (χ2v) is 8.90. The van der Waals surface area contributed by atoms with E-state index in [0.717, 1.165) is 22.7 Å². The molecule has 4 rings (SSSR count). The second-order valence-electron chi connectivity index (χ2n) is 7.95. The molecule has 7 nitrogen and oxygen atoms in total. The number of allylic oxidation sites excluding steroid dienone is 2. The van der Waals surface area contributed by atoms with Crippen LogP contribution in [0.1, 0.15) is 25.0 Å². The van der Waals surface area contributed by atoms with Gasteiger partial charge < -0.3 is 9.64 Å². The molecule has 0 fully saturated rings. The maximum absolute atomic E-state index is 12.8. The summed E-state index contributed by atoms with van der Waals surface area (Å²) in [5.74, 6) is 1.11. The van der Waals surface area contributed by atoms with E-state index in [9.17, 15) is 4.79 Å². The van der Waals surface area contributed by atoms with E-state index < -0.39 is 0 Å². The van der Waals surface area contributed by atoms with Gasteiger partial charge in [-0.25, -0.2) is 4.68 Å². The maximum Gasteiger partial charge on any atom is 0.210 e. The number of carbonyl (C=O) groups excluding carboxylic acids is 1. The number of nitrogens with zero attached hydrogens (tertiary/aromatic N) is 5. The Kier molecular flexibility index (Phi) is 5.82. The molecule has 0 unspecified atom stereocenters. The summed E-state index contributed by atoms with van der Waals surface area (Å²) < 4.78 is 6.90. The Morgan fingerprint density at radius 1 is 1.16 bits per heavy atom. The van der Waals surface area contributed by atoms with Gasteiger partial charge in [-0.3, -0.25) is 4.79 Å². The summed E-state index contributed by atoms with van der Waals surface area (Å²) in [5, 5.41) is 12.5. The zero-order valence-corrected chi connectivity index (χ0v) is 18.9. The molecule has 2 aromatic carbocycles. The molecule has 0 saturated heterocycles. The molecule has 0 spiro atoms. The van der Waals surface area contributed by atoms with E-state index in [4.69, 9.17) is 4.74 Å². The van der Waals surface area contributed by atoms with Gasteiger partial charge >= 0.3 is 0 Å². The zero-order valence-electron chi connectivity index (χ0n) is 18.1. The van der Waals surface area contributed by atoms with Crippen LogP contribution in [0.25, 0.3) is 0 Å². The van der Waals surface area contributed by atoms with E-state index in [2.05, 4.69) is 46.4 Å². The van der Waals surface area contributed by atoms with E-state index in [1.807, 2.05) is 43.4 Å². The van der Waals surface area contributed by atoms with Crippen LogP contribution in [0.2, 0.25) is 0 Å². The topological polar surface area (TPSA) is 73.1 Å². The van der Waals surface area contributed by atoms with Crippen LogP contribution >= 0.6 is 11.8 Å². The summed E-state index contributed by atoms with van der Waals surface area (Å²) in [7, 11) is 3.65. The number of hydrogen-bond acceptors (Lipinski definition) is 7. The maximum atomic E-state index is 12.8. The largest absolute Gasteiger partial charge is 0.497 e. The Labute approximate surface area is 186 Å². The molecule has 0 atom stereocenters. The predicted molar refractivity (Wildman–Crippen MR) is 122 cm³/mol. The number of anilines is 1. The zero-order chi connectivity index (χ0) is 22.0. The predicted octanol–water partition coefficient (Wildman–Crippen LogP) is 3.70. The Balaban J connectivity index is 1.44. The minimum absolute atomic E-state index is 0.0340. The van der Waals surface area contributed by atoms with Crippen molar-refractivity contribution in [2.45, 2.75) is 31.0 Å². The SMILES string of the molecule is COc1ccc(Cn2nnnc2SCC(=O)C=C2N(C)c3ccccc3C2(C)C)cc1. The van der Waals surface area contributed by atoms with Crippen LogP contribution in [0.3, 0.4) is 0 Å². The molecule has 0 aliphatic carbocycles. The van der Waals surface area contributed by atoms with Crippen LogP contribution in [0.4, 0.5) is 5.69 Å². The molecule has 31 heavy (non-hydrogen) atoms. The number of fused-ring (bicyclic) bond motifs is 1. The number of aromatic nitrogens is 4. The van der Waals surface area contributed by atoms with Crippen molar-refractivity contribution in [3.8, 4) is 5.75 Å². The molecule has 1 aromatic heterocycles. The number of ether oxygens (including phenoxy) is 1. The van der Waals surface area contributed by atoms with Crippen molar-refractivity contribution >= 4 is 23.2 Å². The Morgan fingerprint density at radius 2 is 1.90 bits per heavy atom. The lowest BCUT2D eigenvalue weighted by atomic mass is 9.83. The first-order valence-electron chi connectivity index (χ1n) is 10.0. The molecule has 1 aliphatic rings. The second kappa shape index (κ2) is 8.55. The third-order valence-corrected chi connectivity index (χ3v) is 6.55. The molecular formula is C23H25N5O2S. The molecule has 0 radical (unpaired) electrons. The van der Waals surface area contributed by atoms with Crippen LogP contribution in [-0.2, 0) is 16.8 Å². The smallest absolute Gasteiger partial charge is 0.210 e. The molecule has 160 valence electrons. The first kappa shape index (κ1) is 21.1. The van der Waals surface area contributed by atoms with Gasteiger partial charge in [0.05, 0.1) is 19.4 Å². The lowest BCUT2D eigenvalue weighted by molar-refractivity contribution is -0.112. The fraction of sp³-hybridized carbons (Fsp3) is 0.304. The van der Waals surface area contributed by atoms with Gasteiger partial charge in [-0.2, -0.15) is 0 Å². The molecule has 0 amide bonds. The first-order chi connectivity index (χ1) is 14.9. The molecule has 0 saturated carbocycles. The van der Waals surface area contributed by atoms with Gasteiger partial charge in [0.2, 0.25) is 5.16 Å². The van der Waals surface area contributed by atoms with Gasteiger partial charge in [-0.15, -0.1) is 5.10 Å². The highest BCUT2D eigenvalue weighted by molar-refractivity contribution is 7.99. The quantitative estimate of drug-likeness (QED) is 0.414. The van der Waals surface area contributed by atoms with Crippen molar-refractivity contribution in [2.24, 2.45) is 0 Å². The molecule has 3 aromatic rings. The number of hydrogen-bond donors (Lipinski definition) is 0. The summed E-state index contributed by atoms with van der Waals surface area (Å²) in [6.07, 6.45) is 1.75. The number of methoxy groups -OCH3 is 1. The number of rotatable bonds is 7. The average molecular weight is 436 g/mol. The summed E-state index contributed by atoms with van der Waals surface area (Å²) >= 11 is 1.35. The minimum atomic E-state index is -0.221. The lowest BCUT2D eigenvalue weighted by Gasteiger charge is -2.23. The van der Waals surface area contributed by atoms with Crippen LogP contribution < -0.4 is 9.64 Å². The Hall–Kier alpha value is -3.13. The minimum Gasteiger partial charge on any atom is -0.497 e. The van der Waals surface area contributed by atoms with Crippen LogP contribution in [0.5, 0.6) is 5.75 Å². The van der Waals surface area contributed by atoms with Crippen molar-refractivity contribution in [3.05, 3.63) is 71.4 Å². The molecule has 0 N–H and O–H groups in total. The van der Waals surface area contributed by atoms with Crippen molar-refractivity contribution < 1.29 is 9.53 Å². The third-order valence-electron chi connectivity index (χ3n) is 5.57. The fourth-order valence-corrected chi connectivity index (χ4v) is 4.59. The number of carbonyl (C=O) groups is 1. The number of ketones is 1. The van der Waals surface area contributed by atoms with E-state index in [0.29, 0.717) is 11.7 Å². The van der Waals surface area contributed by atoms with Crippen LogP contribution in [-0.4, -0.2) is 45.9 Å². The van der Waals surface area contributed by atoms with Gasteiger partial charge in [-0.1, -0.05) is 55.9 Å². The number of benzene rings is 2. The monoisotopic (exact) mass is 435 g/mol. The molecule has 8 heteroatoms. The van der Waals surface area contributed by atoms with Gasteiger partial charge in [0, 0.05) is 29.9 Å². The molecule has 0 bridgehead atoms. The van der Waals surface area contributed by atoms with Crippen LogP contribution in [0.15, 0.2) is 65.5 Å². The highest BCUT2D eigenvalue weighted by Crippen LogP contribution is 2.46. The lowest BCUT2D eigenvalue weighted by Crippen LogP contribution is -2.24. The van der Waals surface area contributed by atoms with Gasteiger partial charge in [-0.05, 0) is 39.8 Å². The highest BCUT2D eigenvalue weighted by Gasteiger charge is 2.38. The van der Waals surface area contributed by atoms with E-state index in [1.54, 1.807) is 17.9 Å². The number of tetrazole rings is 1. The number of para-hydroxylation sites is 1. The Bertz CT molecular complexity index is 1120. The third kappa shape index (κ3) is 4.20. The normalized spacial score (nSPS) is 15.9. The van der Waals surface area contributed by atoms with Gasteiger partial charge in [0.1, 0.15) is 5.75 Å². The summed E-state index contributed by atoms with van der Waals surface area (Å²) in [4.78, 5) is 14.9. The number of thioether (sulfide) groups is 1. The highest BCUT2D eigenvalue weighted by atomic mass is 32.2. The first-order valence-corrected chi connectivity index (χ1v) is 11.0. The Morgan fingerprint density at radius 3 is 2.61 bits per heavy atom. The van der Waals surface area contributed by atoms with Crippen molar-refractivity contribution in [1.29, 1.82) is 0 Å². The molecule has 1 aliphatic heterocycles. The van der Waals surface area contributed by atoms with E-state index >= 15 is 0 Å². The van der Waals surface area contributed by atoms with Crippen molar-refractivity contribution in [3.63, 3.8) is 0 Å². The summed E-state index contributed by atoms with van der Waals surface area (Å²) in [5.41, 5.74) is 4.20. The van der Waals surface area contributed by atoms with E-state index in [-0.39, 0.29) is 17.0 Å². The van der Waals surface area contributed by atoms with E-state index in [1.165, 1.54) is 17.3 Å². The van der Waals surface area contributed by atoms with Crippen molar-refractivity contribution in [1.82, 2.24) is 20.2 Å². The summed E-state index contributed by atoms with van der Waals surface area (Å²) in [6.45, 7) is 4.83. The van der Waals surface area contributed by atoms with Crippen LogP contribution in [0, 0.1) is 0 Å². The van der Waals surface area contributed by atoms with Gasteiger partial charge in [0.15, 0.2) is 5.78 Å².